The van der Waals surface area contributed by atoms with E-state index >= 15 is 0 Å². The summed E-state index contributed by atoms with van der Waals surface area (Å²) in [4.78, 5) is 0. The van der Waals surface area contributed by atoms with E-state index in [9.17, 15) is 0 Å². The van der Waals surface area contributed by atoms with Gasteiger partial charge in [-0.25, -0.2) is 0 Å². The molecule has 0 amide bonds. The average Bonchev–Trinajstić information content (AvgIpc) is 2.53. The van der Waals surface area contributed by atoms with Gasteiger partial charge < -0.3 is 10.2 Å². The molecule has 0 unspecified atom stereocenters. The first-order chi connectivity index (χ1) is 11.1. The van der Waals surface area contributed by atoms with Crippen molar-refractivity contribution in [3.8, 4) is 5.75 Å². The summed E-state index contributed by atoms with van der Waals surface area (Å²) in [5.41, 5.74) is 4.68. The number of benzene rings is 2. The number of hydrazone groups is 1. The summed E-state index contributed by atoms with van der Waals surface area (Å²) in [6, 6.07) is 11.2. The largest absolute Gasteiger partial charge is 0.493 e. The second-order valence-electron chi connectivity index (χ2n) is 4.82. The minimum absolute atomic E-state index is 0.453. The Morgan fingerprint density at radius 3 is 2.65 bits per heavy atom. The van der Waals surface area contributed by atoms with Crippen LogP contribution < -0.4 is 10.2 Å². The van der Waals surface area contributed by atoms with E-state index in [1.165, 1.54) is 0 Å². The number of hydrogen-bond acceptors (Lipinski definition) is 3. The summed E-state index contributed by atoms with van der Waals surface area (Å²) in [6.45, 7) is 3.20. The van der Waals surface area contributed by atoms with E-state index in [1.807, 2.05) is 24.3 Å². The maximum Gasteiger partial charge on any atom is 0.128 e. The van der Waals surface area contributed by atoms with Gasteiger partial charge in [-0.1, -0.05) is 52.1 Å². The van der Waals surface area contributed by atoms with Crippen molar-refractivity contribution < 1.29 is 4.74 Å². The molecule has 2 rings (SSSR count). The second-order valence-corrected chi connectivity index (χ2v) is 6.55. The van der Waals surface area contributed by atoms with Crippen LogP contribution in [0.4, 0.5) is 0 Å². The predicted molar refractivity (Wildman–Crippen MR) is 101 cm³/mol. The maximum absolute atomic E-state index is 6.13. The molecule has 0 saturated heterocycles. The zero-order valence-electron chi connectivity index (χ0n) is 12.7. The van der Waals surface area contributed by atoms with Crippen molar-refractivity contribution >= 4 is 45.3 Å². The first kappa shape index (κ1) is 18.1. The second kappa shape index (κ2) is 9.16. The third-order valence-corrected chi connectivity index (χ3v) is 4.25. The van der Waals surface area contributed by atoms with Gasteiger partial charge in [-0.05, 0) is 36.8 Å². The first-order valence-corrected chi connectivity index (χ1v) is 8.78. The number of nitrogens with one attached hydrogen (secondary N) is 1. The van der Waals surface area contributed by atoms with E-state index in [0.29, 0.717) is 23.2 Å². The highest BCUT2D eigenvalue weighted by atomic mass is 79.9. The Hall–Kier alpha value is -1.23. The molecule has 0 aliphatic rings. The molecule has 0 heterocycles. The zero-order valence-corrected chi connectivity index (χ0v) is 15.7. The summed E-state index contributed by atoms with van der Waals surface area (Å²) in [6.07, 6.45) is 2.68. The van der Waals surface area contributed by atoms with Crippen molar-refractivity contribution in [2.24, 2.45) is 5.10 Å². The Labute approximate surface area is 154 Å². The van der Waals surface area contributed by atoms with Gasteiger partial charge in [0.1, 0.15) is 5.75 Å². The van der Waals surface area contributed by atoms with Gasteiger partial charge in [-0.3, -0.25) is 0 Å². The molecule has 1 N–H and O–H groups in total. The monoisotopic (exact) mass is 414 g/mol. The van der Waals surface area contributed by atoms with Gasteiger partial charge in [-0.15, -0.1) is 0 Å². The molecular formula is C17H17BrCl2N2O. The van der Waals surface area contributed by atoms with Crippen molar-refractivity contribution in [2.75, 3.05) is 6.61 Å². The maximum atomic E-state index is 6.13. The fourth-order valence-corrected chi connectivity index (χ4v) is 2.81. The molecular weight excluding hydrogens is 399 g/mol. The van der Waals surface area contributed by atoms with Crippen LogP contribution in [0.25, 0.3) is 0 Å². The Balaban J connectivity index is 2.04. The van der Waals surface area contributed by atoms with Gasteiger partial charge in [0.2, 0.25) is 0 Å². The third kappa shape index (κ3) is 5.41. The summed E-state index contributed by atoms with van der Waals surface area (Å²) in [5, 5.41) is 5.48. The van der Waals surface area contributed by atoms with Crippen LogP contribution in [-0.4, -0.2) is 12.8 Å². The quantitative estimate of drug-likeness (QED) is 0.466. The molecule has 23 heavy (non-hydrogen) atoms. The van der Waals surface area contributed by atoms with Gasteiger partial charge >= 0.3 is 0 Å². The first-order valence-electron chi connectivity index (χ1n) is 7.23. The summed E-state index contributed by atoms with van der Waals surface area (Å²) in [7, 11) is 0. The van der Waals surface area contributed by atoms with Crippen LogP contribution in [0, 0.1) is 0 Å². The van der Waals surface area contributed by atoms with Gasteiger partial charge in [0.05, 0.1) is 19.4 Å². The lowest BCUT2D eigenvalue weighted by atomic mass is 10.2. The van der Waals surface area contributed by atoms with Crippen LogP contribution in [0.15, 0.2) is 46.0 Å². The molecule has 3 nitrogen and oxygen atoms in total. The number of halogens is 3. The van der Waals surface area contributed by atoms with Crippen molar-refractivity contribution in [1.29, 1.82) is 0 Å². The highest BCUT2D eigenvalue weighted by molar-refractivity contribution is 9.10. The standard InChI is InChI=1S/C17H17BrCl2N2O/c1-2-8-23-17-7-6-13(18)9-12(17)10-21-22-11-14-15(19)4-3-5-16(14)20/h3-7,9-10,22H,2,8,11H2,1H3/b21-10-. The highest BCUT2D eigenvalue weighted by Crippen LogP contribution is 2.24. The number of hydrogen-bond donors (Lipinski definition) is 1. The summed E-state index contributed by atoms with van der Waals surface area (Å²) in [5.74, 6) is 0.802. The van der Waals surface area contributed by atoms with Gasteiger partial charge in [-0.2, -0.15) is 5.10 Å². The number of ether oxygens (including phenoxy) is 1. The van der Waals surface area contributed by atoms with Crippen LogP contribution in [-0.2, 0) is 6.54 Å². The fraction of sp³-hybridized carbons (Fsp3) is 0.235. The van der Waals surface area contributed by atoms with Gasteiger partial charge in [0.25, 0.3) is 0 Å². The molecule has 0 bridgehead atoms. The molecule has 0 aliphatic heterocycles. The minimum atomic E-state index is 0.453. The Bertz CT molecular complexity index is 672. The van der Waals surface area contributed by atoms with E-state index in [2.05, 4.69) is 33.4 Å². The molecule has 0 spiro atoms. The van der Waals surface area contributed by atoms with Gasteiger partial charge in [0, 0.05) is 25.6 Å². The summed E-state index contributed by atoms with van der Waals surface area (Å²) < 4.78 is 6.68. The number of rotatable bonds is 7. The molecule has 0 aliphatic carbocycles. The molecule has 0 fully saturated rings. The van der Waals surface area contributed by atoms with E-state index < -0.39 is 0 Å². The normalized spacial score (nSPS) is 11.0. The van der Waals surface area contributed by atoms with E-state index in [1.54, 1.807) is 18.3 Å². The van der Waals surface area contributed by atoms with Crippen molar-refractivity contribution in [2.45, 2.75) is 19.9 Å². The molecule has 0 saturated carbocycles. The molecule has 122 valence electrons. The lowest BCUT2D eigenvalue weighted by Gasteiger charge is -2.09. The molecule has 2 aromatic carbocycles. The molecule has 0 atom stereocenters. The van der Waals surface area contributed by atoms with E-state index in [-0.39, 0.29) is 0 Å². The lowest BCUT2D eigenvalue weighted by Crippen LogP contribution is -2.07. The zero-order chi connectivity index (χ0) is 16.7. The van der Waals surface area contributed by atoms with Crippen LogP contribution in [0.5, 0.6) is 5.75 Å². The van der Waals surface area contributed by atoms with E-state index in [0.717, 1.165) is 27.8 Å². The molecule has 0 radical (unpaired) electrons. The van der Waals surface area contributed by atoms with E-state index in [4.69, 9.17) is 27.9 Å². The molecule has 2 aromatic rings. The summed E-state index contributed by atoms with van der Waals surface area (Å²) >= 11 is 15.7. The minimum Gasteiger partial charge on any atom is -0.493 e. The van der Waals surface area contributed by atoms with Crippen molar-refractivity contribution in [3.05, 3.63) is 62.0 Å². The smallest absolute Gasteiger partial charge is 0.128 e. The molecule has 6 heteroatoms. The highest BCUT2D eigenvalue weighted by Gasteiger charge is 2.05. The molecule has 0 aromatic heterocycles. The SMILES string of the molecule is CCCOc1ccc(Br)cc1/C=N\NCc1c(Cl)cccc1Cl. The average molecular weight is 416 g/mol. The number of nitrogens with zero attached hydrogens (tertiary/aromatic N) is 1. The van der Waals surface area contributed by atoms with Crippen molar-refractivity contribution in [3.63, 3.8) is 0 Å². The van der Waals surface area contributed by atoms with Crippen LogP contribution in [0.2, 0.25) is 10.0 Å². The van der Waals surface area contributed by atoms with Crippen LogP contribution >= 0.6 is 39.1 Å². The predicted octanol–water partition coefficient (Wildman–Crippen LogP) is 5.67. The Morgan fingerprint density at radius 1 is 1.22 bits per heavy atom. The topological polar surface area (TPSA) is 33.6 Å². The fourth-order valence-electron chi connectivity index (χ4n) is 1.90. The Kier molecular flexibility index (Phi) is 7.21. The van der Waals surface area contributed by atoms with Crippen LogP contribution in [0.3, 0.4) is 0 Å². The van der Waals surface area contributed by atoms with Crippen molar-refractivity contribution in [1.82, 2.24) is 5.43 Å². The Morgan fingerprint density at radius 2 is 1.96 bits per heavy atom. The third-order valence-electron chi connectivity index (χ3n) is 3.05. The van der Waals surface area contributed by atoms with Gasteiger partial charge in [0.15, 0.2) is 0 Å². The lowest BCUT2D eigenvalue weighted by molar-refractivity contribution is 0.317. The van der Waals surface area contributed by atoms with Crippen LogP contribution in [0.1, 0.15) is 24.5 Å².